The Balaban J connectivity index is 1.68. The van der Waals surface area contributed by atoms with E-state index in [1.54, 1.807) is 18.2 Å². The first kappa shape index (κ1) is 17.1. The summed E-state index contributed by atoms with van der Waals surface area (Å²) >= 11 is 1.52. The fraction of sp³-hybridized carbons (Fsp3) is 0.0476. The van der Waals surface area contributed by atoms with Gasteiger partial charge in [-0.2, -0.15) is 0 Å². The molecular weight excluding hydrogens is 358 g/mol. The Hall–Kier alpha value is -3.38. The quantitative estimate of drug-likeness (QED) is 0.462. The van der Waals surface area contributed by atoms with E-state index in [0.29, 0.717) is 22.3 Å². The maximum absolute atomic E-state index is 13.0. The van der Waals surface area contributed by atoms with E-state index < -0.39 is 0 Å². The summed E-state index contributed by atoms with van der Waals surface area (Å²) in [7, 11) is 0. The number of benzene rings is 2. The molecule has 2 aromatic heterocycles. The predicted molar refractivity (Wildman–Crippen MR) is 111 cm³/mol. The first-order valence-electron chi connectivity index (χ1n) is 8.44. The number of rotatable bonds is 4. The highest BCUT2D eigenvalue weighted by atomic mass is 32.1. The van der Waals surface area contributed by atoms with Crippen LogP contribution in [0.2, 0.25) is 0 Å². The SMILES string of the molecule is Cc1cccc(/C=C(/C(=O)Nc2ccc3[nH]c(=O)[nH]c3c2)c2cccs2)c1. The van der Waals surface area contributed by atoms with Crippen molar-refractivity contribution in [2.45, 2.75) is 6.92 Å². The number of aromatic nitrogens is 2. The highest BCUT2D eigenvalue weighted by Gasteiger charge is 2.14. The van der Waals surface area contributed by atoms with E-state index in [4.69, 9.17) is 0 Å². The van der Waals surface area contributed by atoms with Crippen LogP contribution in [-0.2, 0) is 4.79 Å². The number of imidazole rings is 1. The maximum Gasteiger partial charge on any atom is 0.323 e. The molecule has 1 amide bonds. The predicted octanol–water partition coefficient (Wildman–Crippen LogP) is 4.41. The molecule has 0 bridgehead atoms. The molecule has 0 aliphatic rings. The first-order chi connectivity index (χ1) is 13.1. The van der Waals surface area contributed by atoms with Gasteiger partial charge in [-0.15, -0.1) is 11.3 Å². The zero-order valence-electron chi connectivity index (χ0n) is 14.6. The fourth-order valence-corrected chi connectivity index (χ4v) is 3.66. The Morgan fingerprint density at radius 1 is 1.04 bits per heavy atom. The van der Waals surface area contributed by atoms with Crippen molar-refractivity contribution in [3.05, 3.63) is 86.5 Å². The Kier molecular flexibility index (Phi) is 4.48. The van der Waals surface area contributed by atoms with E-state index in [-0.39, 0.29) is 11.6 Å². The lowest BCUT2D eigenvalue weighted by molar-refractivity contribution is -0.111. The van der Waals surface area contributed by atoms with Gasteiger partial charge in [-0.1, -0.05) is 35.9 Å². The Labute approximate surface area is 159 Å². The minimum absolute atomic E-state index is 0.198. The lowest BCUT2D eigenvalue weighted by Gasteiger charge is -2.09. The molecule has 0 saturated carbocycles. The smallest absolute Gasteiger partial charge is 0.322 e. The Morgan fingerprint density at radius 2 is 1.89 bits per heavy atom. The minimum atomic E-state index is -0.271. The van der Waals surface area contributed by atoms with E-state index in [9.17, 15) is 9.59 Å². The molecule has 2 aromatic carbocycles. The first-order valence-corrected chi connectivity index (χ1v) is 9.32. The number of fused-ring (bicyclic) bond motifs is 1. The molecule has 2 heterocycles. The molecule has 0 aliphatic heterocycles. The van der Waals surface area contributed by atoms with Crippen LogP contribution in [0.4, 0.5) is 5.69 Å². The van der Waals surface area contributed by atoms with Crippen LogP contribution in [-0.4, -0.2) is 15.9 Å². The zero-order chi connectivity index (χ0) is 18.8. The fourth-order valence-electron chi connectivity index (χ4n) is 2.92. The van der Waals surface area contributed by atoms with Crippen LogP contribution in [0.1, 0.15) is 16.0 Å². The van der Waals surface area contributed by atoms with Gasteiger partial charge < -0.3 is 15.3 Å². The summed E-state index contributed by atoms with van der Waals surface area (Å²) in [6.07, 6.45) is 1.89. The second-order valence-electron chi connectivity index (χ2n) is 6.24. The van der Waals surface area contributed by atoms with Crippen molar-refractivity contribution in [2.75, 3.05) is 5.32 Å². The van der Waals surface area contributed by atoms with Gasteiger partial charge in [0.15, 0.2) is 0 Å². The van der Waals surface area contributed by atoms with Gasteiger partial charge in [0.2, 0.25) is 0 Å². The molecule has 6 heteroatoms. The summed E-state index contributed by atoms with van der Waals surface area (Å²) in [5.74, 6) is -0.198. The Morgan fingerprint density at radius 3 is 2.67 bits per heavy atom. The molecule has 0 aliphatic carbocycles. The van der Waals surface area contributed by atoms with Gasteiger partial charge in [-0.25, -0.2) is 4.79 Å². The summed E-state index contributed by atoms with van der Waals surface area (Å²) in [5, 5.41) is 4.88. The van der Waals surface area contributed by atoms with Gasteiger partial charge >= 0.3 is 5.69 Å². The number of nitrogens with one attached hydrogen (secondary N) is 3. The van der Waals surface area contributed by atoms with Crippen molar-refractivity contribution < 1.29 is 4.79 Å². The monoisotopic (exact) mass is 375 g/mol. The number of carbonyl (C=O) groups is 1. The summed E-state index contributed by atoms with van der Waals surface area (Å²) in [5.41, 5.74) is 4.40. The Bertz CT molecular complexity index is 1200. The van der Waals surface area contributed by atoms with Crippen LogP contribution in [0, 0.1) is 6.92 Å². The van der Waals surface area contributed by atoms with E-state index in [1.165, 1.54) is 11.3 Å². The topological polar surface area (TPSA) is 77.8 Å². The van der Waals surface area contributed by atoms with Crippen LogP contribution in [0.5, 0.6) is 0 Å². The number of hydrogen-bond acceptors (Lipinski definition) is 3. The van der Waals surface area contributed by atoms with Gasteiger partial charge in [0, 0.05) is 10.6 Å². The molecule has 5 nitrogen and oxygen atoms in total. The second-order valence-corrected chi connectivity index (χ2v) is 7.19. The molecular formula is C21H17N3O2S. The standard InChI is InChI=1S/C21H17N3O2S/c1-13-4-2-5-14(10-13)11-16(19-6-3-9-27-19)20(25)22-15-7-8-17-18(12-15)24-21(26)23-17/h2-12H,1H3,(H,22,25)(H2,23,24,26)/b16-11+. The molecule has 0 radical (unpaired) electrons. The van der Waals surface area contributed by atoms with E-state index >= 15 is 0 Å². The molecule has 27 heavy (non-hydrogen) atoms. The lowest BCUT2D eigenvalue weighted by Crippen LogP contribution is -2.13. The van der Waals surface area contributed by atoms with Gasteiger partial charge in [-0.3, -0.25) is 4.79 Å². The van der Waals surface area contributed by atoms with E-state index in [0.717, 1.165) is 16.0 Å². The van der Waals surface area contributed by atoms with Crippen molar-refractivity contribution in [3.63, 3.8) is 0 Å². The van der Waals surface area contributed by atoms with Gasteiger partial charge in [0.1, 0.15) is 0 Å². The van der Waals surface area contributed by atoms with Crippen LogP contribution in [0.25, 0.3) is 22.7 Å². The highest BCUT2D eigenvalue weighted by Crippen LogP contribution is 2.25. The molecule has 134 valence electrons. The third-order valence-corrected chi connectivity index (χ3v) is 5.06. The third kappa shape index (κ3) is 3.75. The summed E-state index contributed by atoms with van der Waals surface area (Å²) in [6.45, 7) is 2.02. The number of anilines is 1. The second kappa shape index (κ2) is 7.09. The number of carbonyl (C=O) groups excluding carboxylic acids is 1. The van der Waals surface area contributed by atoms with Crippen LogP contribution in [0.3, 0.4) is 0 Å². The molecule has 0 saturated heterocycles. The number of thiophene rings is 1. The molecule has 3 N–H and O–H groups in total. The van der Waals surface area contributed by atoms with Crippen molar-refractivity contribution in [3.8, 4) is 0 Å². The molecule has 0 fully saturated rings. The number of amides is 1. The summed E-state index contributed by atoms with van der Waals surface area (Å²) in [6, 6.07) is 17.1. The van der Waals surface area contributed by atoms with Crippen LogP contribution >= 0.6 is 11.3 Å². The summed E-state index contributed by atoms with van der Waals surface area (Å²) in [4.78, 5) is 30.7. The number of aromatic amines is 2. The van der Waals surface area contributed by atoms with Crippen molar-refractivity contribution in [1.82, 2.24) is 9.97 Å². The van der Waals surface area contributed by atoms with Crippen molar-refractivity contribution in [1.29, 1.82) is 0 Å². The maximum atomic E-state index is 13.0. The van der Waals surface area contributed by atoms with Gasteiger partial charge in [0.05, 0.1) is 16.6 Å². The number of hydrogen-bond donors (Lipinski definition) is 3. The average molecular weight is 375 g/mol. The third-order valence-electron chi connectivity index (χ3n) is 4.16. The van der Waals surface area contributed by atoms with Crippen LogP contribution in [0.15, 0.2) is 64.8 Å². The average Bonchev–Trinajstić information content (AvgIpc) is 3.28. The van der Waals surface area contributed by atoms with E-state index in [1.807, 2.05) is 54.8 Å². The molecule has 4 aromatic rings. The number of aryl methyl sites for hydroxylation is 1. The lowest BCUT2D eigenvalue weighted by atomic mass is 10.1. The number of H-pyrrole nitrogens is 2. The minimum Gasteiger partial charge on any atom is -0.322 e. The van der Waals surface area contributed by atoms with E-state index in [2.05, 4.69) is 15.3 Å². The van der Waals surface area contributed by atoms with Gasteiger partial charge in [-0.05, 0) is 48.2 Å². The molecule has 0 atom stereocenters. The zero-order valence-corrected chi connectivity index (χ0v) is 15.4. The van der Waals surface area contributed by atoms with Crippen LogP contribution < -0.4 is 11.0 Å². The highest BCUT2D eigenvalue weighted by molar-refractivity contribution is 7.11. The molecule has 0 unspecified atom stereocenters. The molecule has 4 rings (SSSR count). The summed E-state index contributed by atoms with van der Waals surface area (Å²) < 4.78 is 0. The normalized spacial score (nSPS) is 11.7. The van der Waals surface area contributed by atoms with Crippen molar-refractivity contribution >= 4 is 45.6 Å². The molecule has 0 spiro atoms. The van der Waals surface area contributed by atoms with Crippen molar-refractivity contribution in [2.24, 2.45) is 0 Å². The van der Waals surface area contributed by atoms with Gasteiger partial charge in [0.25, 0.3) is 5.91 Å². The largest absolute Gasteiger partial charge is 0.323 e.